The van der Waals surface area contributed by atoms with Crippen LogP contribution in [0.3, 0.4) is 0 Å². The molecule has 2 heterocycles. The molecule has 154 valence electrons. The molecule has 30 heavy (non-hydrogen) atoms. The Hall–Kier alpha value is -3.19. The monoisotopic (exact) mass is 420 g/mol. The van der Waals surface area contributed by atoms with Crippen LogP contribution in [0.25, 0.3) is 0 Å². The van der Waals surface area contributed by atoms with Crippen LogP contribution in [0.2, 0.25) is 0 Å². The summed E-state index contributed by atoms with van der Waals surface area (Å²) < 4.78 is 0. The fraction of sp³-hybridized carbons (Fsp3) is 0.261. The van der Waals surface area contributed by atoms with Crippen LogP contribution in [0, 0.1) is 6.92 Å². The molecule has 0 saturated heterocycles. The molecule has 0 spiro atoms. The van der Waals surface area contributed by atoms with Gasteiger partial charge in [-0.25, -0.2) is 4.98 Å². The van der Waals surface area contributed by atoms with Gasteiger partial charge in [-0.1, -0.05) is 18.2 Å². The van der Waals surface area contributed by atoms with E-state index in [0.29, 0.717) is 17.1 Å². The van der Waals surface area contributed by atoms with Crippen LogP contribution in [-0.2, 0) is 12.8 Å². The van der Waals surface area contributed by atoms with Crippen molar-refractivity contribution in [2.24, 2.45) is 0 Å². The van der Waals surface area contributed by atoms with E-state index in [2.05, 4.69) is 20.9 Å². The van der Waals surface area contributed by atoms with E-state index < -0.39 is 0 Å². The maximum Gasteiger partial charge on any atom is 0.256 e. The fourth-order valence-electron chi connectivity index (χ4n) is 3.64. The van der Waals surface area contributed by atoms with E-state index in [1.807, 2.05) is 36.6 Å². The van der Waals surface area contributed by atoms with E-state index >= 15 is 0 Å². The predicted molar refractivity (Wildman–Crippen MR) is 121 cm³/mol. The minimum Gasteiger partial charge on any atom is -0.355 e. The second-order valence-electron chi connectivity index (χ2n) is 7.35. The molecular formula is C23H24N4O2S. The third kappa shape index (κ3) is 4.07. The lowest BCUT2D eigenvalue weighted by Crippen LogP contribution is -2.20. The van der Waals surface area contributed by atoms with Crippen molar-refractivity contribution >= 4 is 40.3 Å². The molecule has 1 aliphatic rings. The van der Waals surface area contributed by atoms with Gasteiger partial charge in [-0.05, 0) is 55.9 Å². The quantitative estimate of drug-likeness (QED) is 0.559. The number of para-hydroxylation sites is 1. The molecule has 2 aromatic heterocycles. The fourth-order valence-corrected chi connectivity index (χ4v) is 4.77. The molecule has 2 amide bonds. The number of pyridine rings is 1. The molecule has 6 nitrogen and oxygen atoms in total. The number of amides is 2. The van der Waals surface area contributed by atoms with Crippen LogP contribution in [-0.4, -0.2) is 23.8 Å². The van der Waals surface area contributed by atoms with Crippen molar-refractivity contribution in [3.05, 3.63) is 69.0 Å². The minimum absolute atomic E-state index is 0.168. The lowest BCUT2D eigenvalue weighted by Gasteiger charge is -2.16. The van der Waals surface area contributed by atoms with Crippen molar-refractivity contribution in [2.75, 3.05) is 17.7 Å². The van der Waals surface area contributed by atoms with Gasteiger partial charge in [-0.15, -0.1) is 11.3 Å². The van der Waals surface area contributed by atoms with Crippen LogP contribution in [0.1, 0.15) is 49.6 Å². The Bertz CT molecular complexity index is 1110. The molecule has 0 fully saturated rings. The Balaban J connectivity index is 1.67. The Kier molecular flexibility index (Phi) is 5.81. The van der Waals surface area contributed by atoms with Crippen molar-refractivity contribution in [1.29, 1.82) is 0 Å². The number of carbonyl (C=O) groups is 2. The first-order valence-corrected chi connectivity index (χ1v) is 10.9. The van der Waals surface area contributed by atoms with Crippen LogP contribution >= 0.6 is 11.3 Å². The summed E-state index contributed by atoms with van der Waals surface area (Å²) in [6.45, 7) is 2.00. The average Bonchev–Trinajstić information content (AvgIpc) is 3.20. The number of hydrogen-bond acceptors (Lipinski definition) is 5. The minimum atomic E-state index is -0.256. The second-order valence-corrected chi connectivity index (χ2v) is 8.32. The second kappa shape index (κ2) is 8.67. The lowest BCUT2D eigenvalue weighted by atomic mass is 9.95. The number of nitrogens with zero attached hydrogens (tertiary/aromatic N) is 1. The zero-order chi connectivity index (χ0) is 21.1. The molecular weight excluding hydrogens is 396 g/mol. The van der Waals surface area contributed by atoms with Crippen LogP contribution < -0.4 is 16.0 Å². The first-order valence-electron chi connectivity index (χ1n) is 10.0. The summed E-state index contributed by atoms with van der Waals surface area (Å²) in [6.07, 6.45) is 5.77. The lowest BCUT2D eigenvalue weighted by molar-refractivity contribution is 0.0961. The predicted octanol–water partition coefficient (Wildman–Crippen LogP) is 4.69. The van der Waals surface area contributed by atoms with Crippen molar-refractivity contribution in [1.82, 2.24) is 10.3 Å². The standard InChI is InChI=1S/C23H24N4O2S/c1-14-7-3-5-9-18(14)26-21-19(11-15(12-25-21)22(28)24-2)27-23(29)17-13-30-20-10-6-4-8-16(17)20/h3,5,7,9,11-13H,4,6,8,10H2,1-2H3,(H,24,28)(H,25,26)(H,27,29). The molecule has 7 heteroatoms. The summed E-state index contributed by atoms with van der Waals surface area (Å²) in [5.74, 6) is 0.0702. The number of rotatable bonds is 5. The molecule has 0 unspecified atom stereocenters. The van der Waals surface area contributed by atoms with E-state index in [1.54, 1.807) is 24.5 Å². The number of hydrogen-bond donors (Lipinski definition) is 3. The van der Waals surface area contributed by atoms with Crippen LogP contribution in [0.5, 0.6) is 0 Å². The summed E-state index contributed by atoms with van der Waals surface area (Å²) in [5, 5.41) is 10.8. The average molecular weight is 421 g/mol. The van der Waals surface area contributed by atoms with Gasteiger partial charge in [0.15, 0.2) is 5.82 Å². The molecule has 0 saturated carbocycles. The van der Waals surface area contributed by atoms with Gasteiger partial charge in [-0.2, -0.15) is 0 Å². The Morgan fingerprint density at radius 1 is 1.07 bits per heavy atom. The van der Waals surface area contributed by atoms with E-state index in [-0.39, 0.29) is 11.8 Å². The molecule has 0 aliphatic heterocycles. The molecule has 1 aromatic carbocycles. The summed E-state index contributed by atoms with van der Waals surface area (Å²) in [7, 11) is 1.57. The van der Waals surface area contributed by atoms with Gasteiger partial charge in [0.1, 0.15) is 0 Å². The molecule has 4 rings (SSSR count). The Labute approximate surface area is 179 Å². The van der Waals surface area contributed by atoms with Gasteiger partial charge in [0.2, 0.25) is 0 Å². The van der Waals surface area contributed by atoms with Crippen molar-refractivity contribution < 1.29 is 9.59 Å². The zero-order valence-corrected chi connectivity index (χ0v) is 17.9. The van der Waals surface area contributed by atoms with E-state index in [4.69, 9.17) is 0 Å². The number of fused-ring (bicyclic) bond motifs is 1. The van der Waals surface area contributed by atoms with Crippen molar-refractivity contribution in [2.45, 2.75) is 32.6 Å². The first-order chi connectivity index (χ1) is 14.6. The van der Waals surface area contributed by atoms with Gasteiger partial charge in [0.25, 0.3) is 11.8 Å². The Morgan fingerprint density at radius 3 is 2.67 bits per heavy atom. The largest absolute Gasteiger partial charge is 0.355 e. The molecule has 0 atom stereocenters. The molecule has 3 N–H and O–H groups in total. The van der Waals surface area contributed by atoms with E-state index in [9.17, 15) is 9.59 Å². The number of nitrogens with one attached hydrogen (secondary N) is 3. The maximum atomic E-state index is 13.1. The SMILES string of the molecule is CNC(=O)c1cnc(Nc2ccccc2C)c(NC(=O)c2csc3c2CCCC3)c1. The molecule has 0 radical (unpaired) electrons. The summed E-state index contributed by atoms with van der Waals surface area (Å²) in [6, 6.07) is 9.50. The van der Waals surface area contributed by atoms with Gasteiger partial charge in [0.05, 0.1) is 16.8 Å². The topological polar surface area (TPSA) is 83.1 Å². The highest BCUT2D eigenvalue weighted by Crippen LogP contribution is 2.32. The normalized spacial score (nSPS) is 12.7. The first kappa shape index (κ1) is 20.1. The van der Waals surface area contributed by atoms with E-state index in [0.717, 1.165) is 41.6 Å². The number of aryl methyl sites for hydroxylation is 2. The summed E-state index contributed by atoms with van der Waals surface area (Å²) in [5.41, 5.74) is 4.69. The van der Waals surface area contributed by atoms with Crippen LogP contribution in [0.4, 0.5) is 17.2 Å². The van der Waals surface area contributed by atoms with Gasteiger partial charge >= 0.3 is 0 Å². The molecule has 0 bridgehead atoms. The van der Waals surface area contributed by atoms with Gasteiger partial charge < -0.3 is 16.0 Å². The molecule has 1 aliphatic carbocycles. The number of benzene rings is 1. The number of thiophene rings is 1. The van der Waals surface area contributed by atoms with Gasteiger partial charge in [0, 0.05) is 29.2 Å². The van der Waals surface area contributed by atoms with Crippen molar-refractivity contribution in [3.8, 4) is 0 Å². The maximum absolute atomic E-state index is 13.1. The summed E-state index contributed by atoms with van der Waals surface area (Å²) in [4.78, 5) is 31.0. The molecule has 3 aromatic rings. The number of aromatic nitrogens is 1. The van der Waals surface area contributed by atoms with Gasteiger partial charge in [-0.3, -0.25) is 9.59 Å². The highest BCUT2D eigenvalue weighted by Gasteiger charge is 2.21. The third-order valence-corrected chi connectivity index (χ3v) is 6.42. The smallest absolute Gasteiger partial charge is 0.256 e. The number of carbonyl (C=O) groups excluding carboxylic acids is 2. The highest BCUT2D eigenvalue weighted by molar-refractivity contribution is 7.10. The highest BCUT2D eigenvalue weighted by atomic mass is 32.1. The third-order valence-electron chi connectivity index (χ3n) is 5.33. The number of anilines is 3. The van der Waals surface area contributed by atoms with Crippen LogP contribution in [0.15, 0.2) is 41.9 Å². The Morgan fingerprint density at radius 2 is 1.87 bits per heavy atom. The van der Waals surface area contributed by atoms with Crippen molar-refractivity contribution in [3.63, 3.8) is 0 Å². The summed E-state index contributed by atoms with van der Waals surface area (Å²) >= 11 is 1.66. The zero-order valence-electron chi connectivity index (χ0n) is 17.0. The van der Waals surface area contributed by atoms with E-state index in [1.165, 1.54) is 17.5 Å².